The van der Waals surface area contributed by atoms with E-state index in [0.29, 0.717) is 9.79 Å². The van der Waals surface area contributed by atoms with Crippen molar-refractivity contribution in [1.29, 1.82) is 0 Å². The Morgan fingerprint density at radius 3 is 2.26 bits per heavy atom. The number of hydrogen-bond donors (Lipinski definition) is 0. The molecule has 0 fully saturated rings. The van der Waals surface area contributed by atoms with Gasteiger partial charge in [-0.3, -0.25) is 0 Å². The third-order valence-electron chi connectivity index (χ3n) is 3.20. The second kappa shape index (κ2) is 5.57. The molecule has 0 saturated heterocycles. The van der Waals surface area contributed by atoms with Crippen molar-refractivity contribution in [2.24, 2.45) is 0 Å². The van der Waals surface area contributed by atoms with E-state index in [1.54, 1.807) is 36.4 Å². The normalized spacial score (nSPS) is 11.5. The van der Waals surface area contributed by atoms with Gasteiger partial charge in [0.15, 0.2) is 0 Å². The Morgan fingerprint density at radius 2 is 1.63 bits per heavy atom. The minimum atomic E-state index is -3.40. The Hall–Kier alpha value is -1.61. The van der Waals surface area contributed by atoms with E-state index in [1.807, 2.05) is 19.1 Å². The molecular formula is C16H18O2S. The fraction of sp³-hybridized carbons (Fsp3) is 0.250. The summed E-state index contributed by atoms with van der Waals surface area (Å²) < 4.78 is 25.0. The highest BCUT2D eigenvalue weighted by molar-refractivity contribution is 7.91. The first kappa shape index (κ1) is 13.8. The van der Waals surface area contributed by atoms with Crippen LogP contribution in [0.5, 0.6) is 0 Å². The van der Waals surface area contributed by atoms with Gasteiger partial charge in [0, 0.05) is 0 Å². The summed E-state index contributed by atoms with van der Waals surface area (Å²) in [5, 5.41) is 0. The molecule has 0 aliphatic carbocycles. The maximum absolute atomic E-state index is 12.5. The zero-order chi connectivity index (χ0) is 13.9. The van der Waals surface area contributed by atoms with Crippen molar-refractivity contribution in [2.75, 3.05) is 0 Å². The van der Waals surface area contributed by atoms with Gasteiger partial charge in [0.05, 0.1) is 9.79 Å². The van der Waals surface area contributed by atoms with Crippen molar-refractivity contribution in [3.8, 4) is 0 Å². The van der Waals surface area contributed by atoms with Crippen LogP contribution < -0.4 is 0 Å². The fourth-order valence-corrected chi connectivity index (χ4v) is 3.42. The SMILES string of the molecule is CCCc1cc(S(=O)(=O)c2ccccc2)ccc1C. The molecule has 3 heteroatoms. The van der Waals surface area contributed by atoms with Crippen molar-refractivity contribution in [3.63, 3.8) is 0 Å². The van der Waals surface area contributed by atoms with Crippen LogP contribution in [-0.2, 0) is 16.3 Å². The molecule has 100 valence electrons. The molecule has 0 aliphatic heterocycles. The molecule has 2 nitrogen and oxygen atoms in total. The Morgan fingerprint density at radius 1 is 0.947 bits per heavy atom. The van der Waals surface area contributed by atoms with Gasteiger partial charge in [0.25, 0.3) is 0 Å². The van der Waals surface area contributed by atoms with Crippen molar-refractivity contribution < 1.29 is 8.42 Å². The first-order chi connectivity index (χ1) is 9.05. The molecule has 0 N–H and O–H groups in total. The molecule has 2 aromatic rings. The zero-order valence-electron chi connectivity index (χ0n) is 11.3. The molecule has 2 aromatic carbocycles. The van der Waals surface area contributed by atoms with Crippen LogP contribution >= 0.6 is 0 Å². The van der Waals surface area contributed by atoms with Gasteiger partial charge in [-0.05, 0) is 48.7 Å². The first-order valence-electron chi connectivity index (χ1n) is 6.45. The smallest absolute Gasteiger partial charge is 0.206 e. The Bertz CT molecular complexity index is 658. The Kier molecular flexibility index (Phi) is 4.05. The third kappa shape index (κ3) is 2.87. The third-order valence-corrected chi connectivity index (χ3v) is 4.97. The molecule has 0 radical (unpaired) electrons. The highest BCUT2D eigenvalue weighted by Gasteiger charge is 2.17. The lowest BCUT2D eigenvalue weighted by Crippen LogP contribution is -2.03. The Labute approximate surface area is 115 Å². The summed E-state index contributed by atoms with van der Waals surface area (Å²) in [6.07, 6.45) is 1.92. The first-order valence-corrected chi connectivity index (χ1v) is 7.93. The van der Waals surface area contributed by atoms with Crippen molar-refractivity contribution >= 4 is 9.84 Å². The van der Waals surface area contributed by atoms with Gasteiger partial charge in [-0.15, -0.1) is 0 Å². The lowest BCUT2D eigenvalue weighted by molar-refractivity contribution is 0.596. The van der Waals surface area contributed by atoms with E-state index in [-0.39, 0.29) is 0 Å². The predicted molar refractivity (Wildman–Crippen MR) is 77.1 cm³/mol. The average molecular weight is 274 g/mol. The fourth-order valence-electron chi connectivity index (χ4n) is 2.09. The van der Waals surface area contributed by atoms with Gasteiger partial charge in [-0.25, -0.2) is 8.42 Å². The van der Waals surface area contributed by atoms with Gasteiger partial charge in [-0.1, -0.05) is 37.6 Å². The van der Waals surface area contributed by atoms with Crippen LogP contribution in [0.25, 0.3) is 0 Å². The van der Waals surface area contributed by atoms with Crippen LogP contribution in [0, 0.1) is 6.92 Å². The summed E-state index contributed by atoms with van der Waals surface area (Å²) in [7, 11) is -3.40. The molecule has 19 heavy (non-hydrogen) atoms. The van der Waals surface area contributed by atoms with Crippen LogP contribution in [-0.4, -0.2) is 8.42 Å². The van der Waals surface area contributed by atoms with Crippen molar-refractivity contribution in [3.05, 3.63) is 59.7 Å². The molecule has 0 bridgehead atoms. The zero-order valence-corrected chi connectivity index (χ0v) is 12.1. The monoisotopic (exact) mass is 274 g/mol. The maximum Gasteiger partial charge on any atom is 0.206 e. The number of rotatable bonds is 4. The van der Waals surface area contributed by atoms with Crippen LogP contribution in [0.15, 0.2) is 58.3 Å². The number of sulfone groups is 1. The van der Waals surface area contributed by atoms with Crippen molar-refractivity contribution in [2.45, 2.75) is 36.5 Å². The molecular weight excluding hydrogens is 256 g/mol. The summed E-state index contributed by atoms with van der Waals surface area (Å²) in [6, 6.07) is 14.0. The van der Waals surface area contributed by atoms with E-state index < -0.39 is 9.84 Å². The highest BCUT2D eigenvalue weighted by Crippen LogP contribution is 2.23. The van der Waals surface area contributed by atoms with Crippen LogP contribution in [0.3, 0.4) is 0 Å². The minimum absolute atomic E-state index is 0.348. The van der Waals surface area contributed by atoms with Crippen LogP contribution in [0.4, 0.5) is 0 Å². The van der Waals surface area contributed by atoms with Crippen LogP contribution in [0.1, 0.15) is 24.5 Å². The molecule has 0 aliphatic rings. The van der Waals surface area contributed by atoms with E-state index in [1.165, 1.54) is 0 Å². The van der Waals surface area contributed by atoms with E-state index in [9.17, 15) is 8.42 Å². The molecule has 0 spiro atoms. The summed E-state index contributed by atoms with van der Waals surface area (Å²) in [5.41, 5.74) is 2.26. The minimum Gasteiger partial charge on any atom is -0.219 e. The summed E-state index contributed by atoms with van der Waals surface area (Å²) in [4.78, 5) is 0.731. The Balaban J connectivity index is 2.50. The van der Waals surface area contributed by atoms with Gasteiger partial charge in [0.1, 0.15) is 0 Å². The molecule has 0 amide bonds. The standard InChI is InChI=1S/C16H18O2S/c1-3-7-14-12-16(11-10-13(14)2)19(17,18)15-8-5-4-6-9-15/h4-6,8-12H,3,7H2,1-2H3. The van der Waals surface area contributed by atoms with E-state index >= 15 is 0 Å². The van der Waals surface area contributed by atoms with E-state index in [0.717, 1.165) is 24.0 Å². The maximum atomic E-state index is 12.5. The molecule has 0 atom stereocenters. The quantitative estimate of drug-likeness (QED) is 0.850. The average Bonchev–Trinajstić information content (AvgIpc) is 2.42. The molecule has 0 saturated carbocycles. The van der Waals surface area contributed by atoms with Gasteiger partial charge < -0.3 is 0 Å². The topological polar surface area (TPSA) is 34.1 Å². The molecule has 0 heterocycles. The lowest BCUT2D eigenvalue weighted by Gasteiger charge is -2.09. The van der Waals surface area contributed by atoms with Crippen molar-refractivity contribution in [1.82, 2.24) is 0 Å². The summed E-state index contributed by atoms with van der Waals surface area (Å²) >= 11 is 0. The van der Waals surface area contributed by atoms with E-state index in [2.05, 4.69) is 6.92 Å². The van der Waals surface area contributed by atoms with Gasteiger partial charge in [-0.2, -0.15) is 0 Å². The predicted octanol–water partition coefficient (Wildman–Crippen LogP) is 3.78. The summed E-state index contributed by atoms with van der Waals surface area (Å²) in [6.45, 7) is 4.11. The lowest BCUT2D eigenvalue weighted by atomic mass is 10.0. The number of aryl methyl sites for hydroxylation is 2. The molecule has 2 rings (SSSR count). The molecule has 0 unspecified atom stereocenters. The number of benzene rings is 2. The largest absolute Gasteiger partial charge is 0.219 e. The van der Waals surface area contributed by atoms with Gasteiger partial charge in [0.2, 0.25) is 9.84 Å². The molecule has 0 aromatic heterocycles. The second-order valence-corrected chi connectivity index (χ2v) is 6.60. The summed E-state index contributed by atoms with van der Waals surface area (Å²) in [5.74, 6) is 0. The highest BCUT2D eigenvalue weighted by atomic mass is 32.2. The number of hydrogen-bond acceptors (Lipinski definition) is 2. The van der Waals surface area contributed by atoms with E-state index in [4.69, 9.17) is 0 Å². The van der Waals surface area contributed by atoms with Crippen LogP contribution in [0.2, 0.25) is 0 Å². The second-order valence-electron chi connectivity index (χ2n) is 4.65. The van der Waals surface area contributed by atoms with Gasteiger partial charge >= 0.3 is 0 Å².